The van der Waals surface area contributed by atoms with Crippen LogP contribution in [0.4, 0.5) is 22.0 Å². The van der Waals surface area contributed by atoms with Gasteiger partial charge in [0, 0.05) is 5.56 Å². The van der Waals surface area contributed by atoms with Crippen LogP contribution in [-0.4, -0.2) is 12.4 Å². The molecule has 4 nitrogen and oxygen atoms in total. The van der Waals surface area contributed by atoms with Crippen LogP contribution in [0.25, 0.3) is 6.08 Å². The number of ketones is 1. The molecule has 3 rings (SSSR count). The summed E-state index contributed by atoms with van der Waals surface area (Å²) in [5.74, 6) is 0.262. The van der Waals surface area contributed by atoms with E-state index in [2.05, 4.69) is 4.74 Å². The molecule has 0 aliphatic rings. The number of alkyl halides is 5. The van der Waals surface area contributed by atoms with Crippen molar-refractivity contribution in [3.05, 3.63) is 89.4 Å². The molecule has 0 aliphatic heterocycles. The molecule has 1 aromatic heterocycles. The summed E-state index contributed by atoms with van der Waals surface area (Å²) in [7, 11) is 0. The van der Waals surface area contributed by atoms with Crippen molar-refractivity contribution in [1.29, 1.82) is 0 Å². The number of hydrogen-bond acceptors (Lipinski definition) is 4. The molecule has 9 heteroatoms. The summed E-state index contributed by atoms with van der Waals surface area (Å²) in [6, 6.07) is 12.8. The molecular weight excluding hydrogens is 423 g/mol. The van der Waals surface area contributed by atoms with Gasteiger partial charge in [-0.05, 0) is 66.7 Å². The van der Waals surface area contributed by atoms with Crippen molar-refractivity contribution in [2.75, 3.05) is 0 Å². The van der Waals surface area contributed by atoms with Gasteiger partial charge in [-0.25, -0.2) is 0 Å². The fraction of sp³-hybridized carbons (Fsp3) is 0.136. The first-order valence-corrected chi connectivity index (χ1v) is 8.87. The number of ether oxygens (including phenoxy) is 2. The van der Waals surface area contributed by atoms with Gasteiger partial charge in [0.15, 0.2) is 5.78 Å². The molecule has 0 bridgehead atoms. The van der Waals surface area contributed by atoms with Crippen molar-refractivity contribution < 1.29 is 40.6 Å². The van der Waals surface area contributed by atoms with Gasteiger partial charge in [0.2, 0.25) is 0 Å². The summed E-state index contributed by atoms with van der Waals surface area (Å²) in [5.41, 5.74) is -0.557. The zero-order valence-corrected chi connectivity index (χ0v) is 15.7. The lowest BCUT2D eigenvalue weighted by Crippen LogP contribution is -2.05. The Bertz CT molecular complexity index is 1050. The third kappa shape index (κ3) is 6.43. The minimum atomic E-state index is -4.47. The molecule has 0 spiro atoms. The van der Waals surface area contributed by atoms with E-state index < -0.39 is 18.4 Å². The Morgan fingerprint density at radius 2 is 1.74 bits per heavy atom. The fourth-order valence-electron chi connectivity index (χ4n) is 2.53. The predicted molar refractivity (Wildman–Crippen MR) is 101 cm³/mol. The number of allylic oxidation sites excluding steroid dienone is 1. The van der Waals surface area contributed by atoms with Gasteiger partial charge in [-0.3, -0.25) is 4.79 Å². The molecule has 0 N–H and O–H groups in total. The van der Waals surface area contributed by atoms with Crippen LogP contribution in [0, 0.1) is 0 Å². The van der Waals surface area contributed by atoms with Crippen molar-refractivity contribution in [2.24, 2.45) is 0 Å². The van der Waals surface area contributed by atoms with Crippen LogP contribution in [0.3, 0.4) is 0 Å². The SMILES string of the molecule is O=C(/C=C/c1ccc(COc2cccc(C(F)(F)F)c2)o1)c1ccc(OC(F)F)cc1. The summed E-state index contributed by atoms with van der Waals surface area (Å²) in [5, 5.41) is 0. The number of halogens is 5. The molecule has 0 saturated carbocycles. The summed E-state index contributed by atoms with van der Waals surface area (Å²) < 4.78 is 77.5. The Morgan fingerprint density at radius 1 is 1.00 bits per heavy atom. The van der Waals surface area contributed by atoms with Crippen molar-refractivity contribution >= 4 is 11.9 Å². The van der Waals surface area contributed by atoms with Crippen molar-refractivity contribution in [1.82, 2.24) is 0 Å². The Labute approximate surface area is 173 Å². The Kier molecular flexibility index (Phi) is 6.74. The molecule has 0 fully saturated rings. The van der Waals surface area contributed by atoms with Crippen LogP contribution in [0.1, 0.15) is 27.4 Å². The zero-order chi connectivity index (χ0) is 22.4. The molecule has 0 amide bonds. The van der Waals surface area contributed by atoms with Crippen molar-refractivity contribution in [3.8, 4) is 11.5 Å². The van der Waals surface area contributed by atoms with Crippen LogP contribution in [0.5, 0.6) is 11.5 Å². The number of benzene rings is 2. The molecular formula is C22H15F5O4. The number of carbonyl (C=O) groups excluding carboxylic acids is 1. The number of hydrogen-bond donors (Lipinski definition) is 0. The number of rotatable bonds is 8. The highest BCUT2D eigenvalue weighted by Crippen LogP contribution is 2.31. The second-order valence-corrected chi connectivity index (χ2v) is 6.22. The average Bonchev–Trinajstić information content (AvgIpc) is 3.18. The lowest BCUT2D eigenvalue weighted by Gasteiger charge is -2.09. The first kappa shape index (κ1) is 22.1. The molecule has 0 radical (unpaired) electrons. The van der Waals surface area contributed by atoms with E-state index in [1.54, 1.807) is 12.1 Å². The predicted octanol–water partition coefficient (Wildman–Crippen LogP) is 6.37. The zero-order valence-electron chi connectivity index (χ0n) is 15.7. The van der Waals surface area contributed by atoms with E-state index in [9.17, 15) is 26.7 Å². The van der Waals surface area contributed by atoms with Gasteiger partial charge in [-0.2, -0.15) is 22.0 Å². The van der Waals surface area contributed by atoms with Crippen LogP contribution in [0.2, 0.25) is 0 Å². The topological polar surface area (TPSA) is 48.7 Å². The van der Waals surface area contributed by atoms with E-state index in [1.165, 1.54) is 48.6 Å². The highest BCUT2D eigenvalue weighted by atomic mass is 19.4. The van der Waals surface area contributed by atoms with Gasteiger partial charge >= 0.3 is 12.8 Å². The van der Waals surface area contributed by atoms with Crippen LogP contribution < -0.4 is 9.47 Å². The summed E-state index contributed by atoms with van der Waals surface area (Å²) >= 11 is 0. The summed E-state index contributed by atoms with van der Waals surface area (Å²) in [6.07, 6.45) is -1.83. The highest BCUT2D eigenvalue weighted by Gasteiger charge is 2.30. The van der Waals surface area contributed by atoms with E-state index in [0.29, 0.717) is 11.5 Å². The minimum absolute atomic E-state index is 0.0396. The lowest BCUT2D eigenvalue weighted by atomic mass is 10.1. The molecule has 3 aromatic rings. The molecule has 0 unspecified atom stereocenters. The van der Waals surface area contributed by atoms with Crippen molar-refractivity contribution in [3.63, 3.8) is 0 Å². The van der Waals surface area contributed by atoms with Crippen LogP contribution in [0.15, 0.2) is 71.2 Å². The maximum Gasteiger partial charge on any atom is 0.416 e. The number of carbonyl (C=O) groups is 1. The Balaban J connectivity index is 1.57. The average molecular weight is 438 g/mol. The molecule has 1 heterocycles. The smallest absolute Gasteiger partial charge is 0.416 e. The molecule has 162 valence electrons. The van der Waals surface area contributed by atoms with E-state index in [0.717, 1.165) is 12.1 Å². The van der Waals surface area contributed by atoms with Gasteiger partial charge in [0.25, 0.3) is 0 Å². The van der Waals surface area contributed by atoms with Gasteiger partial charge in [-0.15, -0.1) is 0 Å². The third-order valence-electron chi connectivity index (χ3n) is 3.99. The summed E-state index contributed by atoms with van der Waals surface area (Å²) in [4.78, 5) is 12.1. The van der Waals surface area contributed by atoms with Gasteiger partial charge in [0.1, 0.15) is 29.6 Å². The normalized spacial score (nSPS) is 11.8. The minimum Gasteiger partial charge on any atom is -0.486 e. The first-order chi connectivity index (χ1) is 14.7. The van der Waals surface area contributed by atoms with Crippen LogP contribution in [-0.2, 0) is 12.8 Å². The third-order valence-corrected chi connectivity index (χ3v) is 3.99. The Hall–Kier alpha value is -3.62. The van der Waals surface area contributed by atoms with E-state index in [4.69, 9.17) is 9.15 Å². The first-order valence-electron chi connectivity index (χ1n) is 8.87. The van der Waals surface area contributed by atoms with Gasteiger partial charge in [-0.1, -0.05) is 6.07 Å². The van der Waals surface area contributed by atoms with Gasteiger partial charge in [0.05, 0.1) is 5.56 Å². The largest absolute Gasteiger partial charge is 0.486 e. The van der Waals surface area contributed by atoms with Crippen LogP contribution >= 0.6 is 0 Å². The standard InChI is InChI=1S/C22H15F5O4/c23-21(24)31-17-6-4-14(5-7-17)20(28)11-10-16-8-9-19(30-16)13-29-18-3-1-2-15(12-18)22(25,26)27/h1-12,21H,13H2/b11-10+. The quantitative estimate of drug-likeness (QED) is 0.233. The van der Waals surface area contributed by atoms with Gasteiger partial charge < -0.3 is 13.9 Å². The molecule has 0 aliphatic carbocycles. The van der Waals surface area contributed by atoms with E-state index in [-0.39, 0.29) is 29.5 Å². The summed E-state index contributed by atoms with van der Waals surface area (Å²) in [6.45, 7) is -3.05. The second kappa shape index (κ2) is 9.46. The molecule has 31 heavy (non-hydrogen) atoms. The lowest BCUT2D eigenvalue weighted by molar-refractivity contribution is -0.137. The molecule has 0 atom stereocenters. The maximum atomic E-state index is 12.7. The highest BCUT2D eigenvalue weighted by molar-refractivity contribution is 6.06. The monoisotopic (exact) mass is 438 g/mol. The van der Waals surface area contributed by atoms with E-state index in [1.807, 2.05) is 0 Å². The molecule has 2 aromatic carbocycles. The second-order valence-electron chi connectivity index (χ2n) is 6.22. The van der Waals surface area contributed by atoms with Crippen molar-refractivity contribution in [2.45, 2.75) is 19.4 Å². The van der Waals surface area contributed by atoms with E-state index >= 15 is 0 Å². The fourth-order valence-corrected chi connectivity index (χ4v) is 2.53. The number of furan rings is 1. The Morgan fingerprint density at radius 3 is 2.42 bits per heavy atom. The molecule has 0 saturated heterocycles. The maximum absolute atomic E-state index is 12.7.